The number of hydrogen-bond acceptors (Lipinski definition) is 3. The van der Waals surface area contributed by atoms with Crippen molar-refractivity contribution in [2.24, 2.45) is 0 Å². The molecule has 0 bridgehead atoms. The van der Waals surface area contributed by atoms with E-state index >= 15 is 0 Å². The fraction of sp³-hybridized carbons (Fsp3) is 0.273. The SMILES string of the molecule is Cc1ccc(C(=O)NNC(=O)N2CCN(C/C=C/c3ccccc3)CC2)cc1. The minimum atomic E-state index is -0.321. The van der Waals surface area contributed by atoms with Crippen LogP contribution in [0.25, 0.3) is 6.08 Å². The van der Waals surface area contributed by atoms with Gasteiger partial charge in [-0.25, -0.2) is 10.2 Å². The Labute approximate surface area is 165 Å². The fourth-order valence-corrected chi connectivity index (χ4v) is 3.00. The molecule has 1 saturated heterocycles. The zero-order valence-corrected chi connectivity index (χ0v) is 16.1. The average molecular weight is 378 g/mol. The van der Waals surface area contributed by atoms with Crippen LogP contribution >= 0.6 is 0 Å². The minimum Gasteiger partial charge on any atom is -0.321 e. The zero-order chi connectivity index (χ0) is 19.8. The molecule has 6 heteroatoms. The Morgan fingerprint density at radius 2 is 1.61 bits per heavy atom. The van der Waals surface area contributed by atoms with Gasteiger partial charge in [-0.05, 0) is 24.6 Å². The van der Waals surface area contributed by atoms with Crippen LogP contribution in [-0.4, -0.2) is 54.5 Å². The molecule has 0 unspecified atom stereocenters. The van der Waals surface area contributed by atoms with Crippen molar-refractivity contribution in [3.05, 3.63) is 77.4 Å². The third-order valence-corrected chi connectivity index (χ3v) is 4.73. The Morgan fingerprint density at radius 3 is 2.29 bits per heavy atom. The molecule has 28 heavy (non-hydrogen) atoms. The van der Waals surface area contributed by atoms with Gasteiger partial charge in [-0.15, -0.1) is 0 Å². The van der Waals surface area contributed by atoms with Gasteiger partial charge in [0, 0.05) is 38.3 Å². The fourth-order valence-electron chi connectivity index (χ4n) is 3.00. The number of hydrogen-bond donors (Lipinski definition) is 2. The van der Waals surface area contributed by atoms with Gasteiger partial charge in [0.2, 0.25) is 0 Å². The van der Waals surface area contributed by atoms with Crippen molar-refractivity contribution in [1.82, 2.24) is 20.7 Å². The number of aryl methyl sites for hydroxylation is 1. The predicted octanol–water partition coefficient (Wildman–Crippen LogP) is 2.68. The van der Waals surface area contributed by atoms with Gasteiger partial charge in [0.15, 0.2) is 0 Å². The molecule has 1 heterocycles. The van der Waals surface area contributed by atoms with E-state index in [1.807, 2.05) is 37.3 Å². The number of carbonyl (C=O) groups is 2. The summed E-state index contributed by atoms with van der Waals surface area (Å²) in [6.07, 6.45) is 4.26. The van der Waals surface area contributed by atoms with E-state index < -0.39 is 0 Å². The second-order valence-corrected chi connectivity index (χ2v) is 6.85. The molecule has 2 aromatic carbocycles. The average Bonchev–Trinajstić information content (AvgIpc) is 2.73. The Hall–Kier alpha value is -3.12. The van der Waals surface area contributed by atoms with Gasteiger partial charge < -0.3 is 4.90 Å². The Kier molecular flexibility index (Phi) is 6.81. The third kappa shape index (κ3) is 5.69. The molecule has 0 radical (unpaired) electrons. The van der Waals surface area contributed by atoms with Crippen molar-refractivity contribution in [2.75, 3.05) is 32.7 Å². The molecule has 0 atom stereocenters. The van der Waals surface area contributed by atoms with Crippen molar-refractivity contribution >= 4 is 18.0 Å². The zero-order valence-electron chi connectivity index (χ0n) is 16.1. The summed E-state index contributed by atoms with van der Waals surface area (Å²) in [4.78, 5) is 28.3. The van der Waals surface area contributed by atoms with Gasteiger partial charge in [0.1, 0.15) is 0 Å². The molecule has 3 rings (SSSR count). The molecular formula is C22H26N4O2. The van der Waals surface area contributed by atoms with Crippen LogP contribution < -0.4 is 10.9 Å². The van der Waals surface area contributed by atoms with Crippen LogP contribution in [0.15, 0.2) is 60.7 Å². The van der Waals surface area contributed by atoms with Gasteiger partial charge in [0.05, 0.1) is 0 Å². The molecule has 0 spiro atoms. The van der Waals surface area contributed by atoms with Crippen LogP contribution in [-0.2, 0) is 0 Å². The summed E-state index contributed by atoms with van der Waals surface area (Å²) in [7, 11) is 0. The summed E-state index contributed by atoms with van der Waals surface area (Å²) in [5.74, 6) is -0.321. The Balaban J connectivity index is 1.38. The first kappa shape index (κ1) is 19.6. The maximum atomic E-state index is 12.3. The monoisotopic (exact) mass is 378 g/mol. The molecule has 1 aliphatic heterocycles. The first-order valence-electron chi connectivity index (χ1n) is 9.48. The molecule has 0 aromatic heterocycles. The topological polar surface area (TPSA) is 64.7 Å². The molecular weight excluding hydrogens is 352 g/mol. The molecule has 0 aliphatic carbocycles. The van der Waals surface area contributed by atoms with E-state index in [4.69, 9.17) is 0 Å². The summed E-state index contributed by atoms with van der Waals surface area (Å²) >= 11 is 0. The maximum absolute atomic E-state index is 12.3. The highest BCUT2D eigenvalue weighted by Crippen LogP contribution is 2.05. The van der Waals surface area contributed by atoms with E-state index in [-0.39, 0.29) is 11.9 Å². The second kappa shape index (κ2) is 9.71. The largest absolute Gasteiger partial charge is 0.336 e. The summed E-state index contributed by atoms with van der Waals surface area (Å²) < 4.78 is 0. The normalized spacial score (nSPS) is 14.8. The number of nitrogens with one attached hydrogen (secondary N) is 2. The Bertz CT molecular complexity index is 810. The van der Waals surface area contributed by atoms with Gasteiger partial charge >= 0.3 is 6.03 Å². The van der Waals surface area contributed by atoms with Crippen molar-refractivity contribution in [2.45, 2.75) is 6.92 Å². The lowest BCUT2D eigenvalue weighted by Gasteiger charge is -2.34. The first-order chi connectivity index (χ1) is 13.6. The van der Waals surface area contributed by atoms with Crippen molar-refractivity contribution in [3.8, 4) is 0 Å². The van der Waals surface area contributed by atoms with Crippen LogP contribution in [0, 0.1) is 6.92 Å². The number of amides is 3. The molecule has 6 nitrogen and oxygen atoms in total. The van der Waals surface area contributed by atoms with Gasteiger partial charge in [-0.2, -0.15) is 0 Å². The number of nitrogens with zero attached hydrogens (tertiary/aromatic N) is 2. The highest BCUT2D eigenvalue weighted by atomic mass is 16.2. The summed E-state index contributed by atoms with van der Waals surface area (Å²) in [6.45, 7) is 5.68. The van der Waals surface area contributed by atoms with Gasteiger partial charge in [-0.3, -0.25) is 15.1 Å². The van der Waals surface area contributed by atoms with Gasteiger partial charge in [0.25, 0.3) is 5.91 Å². The standard InChI is InChI=1S/C22H26N4O2/c1-18-9-11-20(12-10-18)21(27)23-24-22(28)26-16-14-25(15-17-26)13-5-8-19-6-3-2-4-7-19/h2-12H,13-17H2,1H3,(H,23,27)(H,24,28)/b8-5+. The number of urea groups is 1. The van der Waals surface area contributed by atoms with Crippen molar-refractivity contribution < 1.29 is 9.59 Å². The summed E-state index contributed by atoms with van der Waals surface area (Å²) in [5, 5.41) is 0. The van der Waals surface area contributed by atoms with Gasteiger partial charge in [-0.1, -0.05) is 60.2 Å². The highest BCUT2D eigenvalue weighted by Gasteiger charge is 2.20. The van der Waals surface area contributed by atoms with E-state index in [1.165, 1.54) is 5.56 Å². The van der Waals surface area contributed by atoms with E-state index in [2.05, 4.69) is 40.0 Å². The molecule has 2 N–H and O–H groups in total. The number of hydrazine groups is 1. The van der Waals surface area contributed by atoms with Crippen LogP contribution in [0.4, 0.5) is 4.79 Å². The van der Waals surface area contributed by atoms with E-state index in [0.717, 1.165) is 25.2 Å². The van der Waals surface area contributed by atoms with Crippen molar-refractivity contribution in [3.63, 3.8) is 0 Å². The number of rotatable bonds is 4. The molecule has 2 aromatic rings. The third-order valence-electron chi connectivity index (χ3n) is 4.73. The van der Waals surface area contributed by atoms with Crippen molar-refractivity contribution in [1.29, 1.82) is 0 Å². The number of piperazine rings is 1. The molecule has 0 saturated carbocycles. The van der Waals surface area contributed by atoms with E-state index in [9.17, 15) is 9.59 Å². The smallest absolute Gasteiger partial charge is 0.321 e. The van der Waals surface area contributed by atoms with E-state index in [1.54, 1.807) is 17.0 Å². The summed E-state index contributed by atoms with van der Waals surface area (Å²) in [6, 6.07) is 17.1. The molecule has 146 valence electrons. The summed E-state index contributed by atoms with van der Waals surface area (Å²) in [5.41, 5.74) is 7.75. The van der Waals surface area contributed by atoms with Crippen LogP contribution in [0.5, 0.6) is 0 Å². The first-order valence-corrected chi connectivity index (χ1v) is 9.48. The lowest BCUT2D eigenvalue weighted by molar-refractivity contribution is 0.0922. The minimum absolute atomic E-state index is 0.278. The van der Waals surface area contributed by atoms with Crippen LogP contribution in [0.1, 0.15) is 21.5 Å². The Morgan fingerprint density at radius 1 is 0.929 bits per heavy atom. The second-order valence-electron chi connectivity index (χ2n) is 6.85. The molecule has 3 amide bonds. The lowest BCUT2D eigenvalue weighted by atomic mass is 10.1. The van der Waals surface area contributed by atoms with E-state index in [0.29, 0.717) is 18.7 Å². The number of carbonyl (C=O) groups excluding carboxylic acids is 2. The lowest BCUT2D eigenvalue weighted by Crippen LogP contribution is -2.55. The number of benzene rings is 2. The van der Waals surface area contributed by atoms with Crippen LogP contribution in [0.3, 0.4) is 0 Å². The quantitative estimate of drug-likeness (QED) is 0.804. The molecule has 1 aliphatic rings. The molecule has 1 fully saturated rings. The van der Waals surface area contributed by atoms with Crippen LogP contribution in [0.2, 0.25) is 0 Å². The maximum Gasteiger partial charge on any atom is 0.336 e. The predicted molar refractivity (Wildman–Crippen MR) is 111 cm³/mol. The highest BCUT2D eigenvalue weighted by molar-refractivity contribution is 5.95.